The molecule has 6 nitrogen and oxygen atoms in total. The van der Waals surface area contributed by atoms with E-state index in [1.54, 1.807) is 0 Å². The van der Waals surface area contributed by atoms with Crippen molar-refractivity contribution in [2.45, 2.75) is 58.4 Å². The van der Waals surface area contributed by atoms with Crippen molar-refractivity contribution < 1.29 is 9.32 Å². The van der Waals surface area contributed by atoms with Gasteiger partial charge < -0.3 is 9.42 Å². The van der Waals surface area contributed by atoms with Gasteiger partial charge in [0.1, 0.15) is 0 Å². The molecule has 0 radical (unpaired) electrons. The number of amides is 1. The first-order valence-corrected chi connectivity index (χ1v) is 8.93. The molecule has 2 fully saturated rings. The summed E-state index contributed by atoms with van der Waals surface area (Å²) >= 11 is 0. The Morgan fingerprint density at radius 3 is 2.87 bits per heavy atom. The number of aryl methyl sites for hydroxylation is 1. The molecule has 2 atom stereocenters. The Balaban J connectivity index is 1.51. The fourth-order valence-electron chi connectivity index (χ4n) is 3.89. The lowest BCUT2D eigenvalue weighted by Gasteiger charge is -2.37. The van der Waals surface area contributed by atoms with Crippen molar-refractivity contribution in [1.82, 2.24) is 19.9 Å². The first-order chi connectivity index (χ1) is 11.1. The first kappa shape index (κ1) is 16.4. The molecule has 1 amide bonds. The third kappa shape index (κ3) is 4.31. The third-order valence-electron chi connectivity index (χ3n) is 5.13. The molecule has 1 aromatic heterocycles. The number of hydrogen-bond acceptors (Lipinski definition) is 5. The van der Waals surface area contributed by atoms with Gasteiger partial charge in [-0.25, -0.2) is 0 Å². The van der Waals surface area contributed by atoms with Crippen LogP contribution in [0.15, 0.2) is 4.52 Å². The zero-order valence-electron chi connectivity index (χ0n) is 14.3. The number of carbonyl (C=O) groups excluding carboxylic acids is 1. The lowest BCUT2D eigenvalue weighted by Crippen LogP contribution is -2.48. The SMILES string of the molecule is Cc1nc(C[C@H]2CCCN(CC(=O)N3CCCC[C@H]3C)C2)no1. The Morgan fingerprint density at radius 2 is 2.13 bits per heavy atom. The van der Waals surface area contributed by atoms with E-state index in [0.717, 1.165) is 51.1 Å². The van der Waals surface area contributed by atoms with Crippen LogP contribution >= 0.6 is 0 Å². The number of hydrogen-bond donors (Lipinski definition) is 0. The minimum Gasteiger partial charge on any atom is -0.340 e. The molecule has 0 aromatic carbocycles. The third-order valence-corrected chi connectivity index (χ3v) is 5.13. The molecule has 23 heavy (non-hydrogen) atoms. The second-order valence-corrected chi connectivity index (χ2v) is 7.11. The molecule has 0 N–H and O–H groups in total. The first-order valence-electron chi connectivity index (χ1n) is 8.93. The summed E-state index contributed by atoms with van der Waals surface area (Å²) in [7, 11) is 0. The molecule has 3 heterocycles. The van der Waals surface area contributed by atoms with Crippen LogP contribution in [-0.2, 0) is 11.2 Å². The predicted octanol–water partition coefficient (Wildman–Crippen LogP) is 2.03. The molecule has 128 valence electrons. The van der Waals surface area contributed by atoms with Crippen molar-refractivity contribution in [2.24, 2.45) is 5.92 Å². The summed E-state index contributed by atoms with van der Waals surface area (Å²) in [6.45, 7) is 7.47. The van der Waals surface area contributed by atoms with Crippen LogP contribution in [0.4, 0.5) is 0 Å². The summed E-state index contributed by atoms with van der Waals surface area (Å²) in [6.07, 6.45) is 6.72. The van der Waals surface area contributed by atoms with Gasteiger partial charge in [-0.3, -0.25) is 9.69 Å². The van der Waals surface area contributed by atoms with Crippen molar-refractivity contribution in [3.63, 3.8) is 0 Å². The maximum absolute atomic E-state index is 12.6. The molecule has 0 bridgehead atoms. The standard InChI is InChI=1S/C17H28N4O2/c1-13-6-3-4-9-21(13)17(22)12-20-8-5-7-15(11-20)10-16-18-14(2)23-19-16/h13,15H,3-12H2,1-2H3/t13-,15-/m1/s1. The summed E-state index contributed by atoms with van der Waals surface area (Å²) < 4.78 is 5.05. The summed E-state index contributed by atoms with van der Waals surface area (Å²) in [5.41, 5.74) is 0. The number of carbonyl (C=O) groups is 1. The van der Waals surface area contributed by atoms with Crippen molar-refractivity contribution in [2.75, 3.05) is 26.2 Å². The van der Waals surface area contributed by atoms with E-state index in [9.17, 15) is 4.79 Å². The van der Waals surface area contributed by atoms with E-state index in [1.807, 2.05) is 6.92 Å². The van der Waals surface area contributed by atoms with Gasteiger partial charge in [-0.05, 0) is 51.5 Å². The molecule has 0 aliphatic carbocycles. The van der Waals surface area contributed by atoms with Gasteiger partial charge in [0.25, 0.3) is 0 Å². The van der Waals surface area contributed by atoms with E-state index >= 15 is 0 Å². The van der Waals surface area contributed by atoms with Gasteiger partial charge in [-0.2, -0.15) is 4.98 Å². The van der Waals surface area contributed by atoms with Crippen molar-refractivity contribution in [3.8, 4) is 0 Å². The van der Waals surface area contributed by atoms with Crippen LogP contribution in [0.2, 0.25) is 0 Å². The maximum atomic E-state index is 12.6. The van der Waals surface area contributed by atoms with Crippen LogP contribution in [0.25, 0.3) is 0 Å². The zero-order chi connectivity index (χ0) is 16.2. The minimum atomic E-state index is 0.299. The van der Waals surface area contributed by atoms with Crippen LogP contribution in [0.5, 0.6) is 0 Å². The molecule has 1 aromatic rings. The normalized spacial score (nSPS) is 26.4. The largest absolute Gasteiger partial charge is 0.340 e. The summed E-state index contributed by atoms with van der Waals surface area (Å²) in [5, 5.41) is 4.00. The molecule has 0 spiro atoms. The average Bonchev–Trinajstić information content (AvgIpc) is 2.93. The van der Waals surface area contributed by atoms with Crippen molar-refractivity contribution >= 4 is 5.91 Å². The number of likely N-dealkylation sites (tertiary alicyclic amines) is 2. The Morgan fingerprint density at radius 1 is 1.26 bits per heavy atom. The Kier molecular flexibility index (Phi) is 5.30. The fourth-order valence-corrected chi connectivity index (χ4v) is 3.89. The van der Waals surface area contributed by atoms with Gasteiger partial charge in [0.15, 0.2) is 5.82 Å². The smallest absolute Gasteiger partial charge is 0.236 e. The van der Waals surface area contributed by atoms with Crippen molar-refractivity contribution in [3.05, 3.63) is 11.7 Å². The van der Waals surface area contributed by atoms with Crippen LogP contribution in [0.3, 0.4) is 0 Å². The van der Waals surface area contributed by atoms with E-state index in [1.165, 1.54) is 12.8 Å². The predicted molar refractivity (Wildman–Crippen MR) is 86.9 cm³/mol. The lowest BCUT2D eigenvalue weighted by atomic mass is 9.94. The highest BCUT2D eigenvalue weighted by molar-refractivity contribution is 5.78. The number of rotatable bonds is 4. The molecule has 6 heteroatoms. The van der Waals surface area contributed by atoms with Gasteiger partial charge in [-0.1, -0.05) is 5.16 Å². The molecular weight excluding hydrogens is 292 g/mol. The number of nitrogens with zero attached hydrogens (tertiary/aromatic N) is 4. The van der Waals surface area contributed by atoms with Crippen molar-refractivity contribution in [1.29, 1.82) is 0 Å². The van der Waals surface area contributed by atoms with E-state index in [-0.39, 0.29) is 0 Å². The highest BCUT2D eigenvalue weighted by Crippen LogP contribution is 2.21. The molecule has 2 aliphatic rings. The van der Waals surface area contributed by atoms with Gasteiger partial charge in [0.2, 0.25) is 11.8 Å². The monoisotopic (exact) mass is 320 g/mol. The van der Waals surface area contributed by atoms with Crippen LogP contribution in [-0.4, -0.2) is 58.1 Å². The van der Waals surface area contributed by atoms with Crippen LogP contribution < -0.4 is 0 Å². The summed E-state index contributed by atoms with van der Waals surface area (Å²) in [6, 6.07) is 0.402. The Hall–Kier alpha value is -1.43. The number of aromatic nitrogens is 2. The van der Waals surface area contributed by atoms with E-state index in [0.29, 0.717) is 30.3 Å². The molecular formula is C17H28N4O2. The van der Waals surface area contributed by atoms with Crippen LogP contribution in [0, 0.1) is 12.8 Å². The fraction of sp³-hybridized carbons (Fsp3) is 0.824. The van der Waals surface area contributed by atoms with E-state index < -0.39 is 0 Å². The minimum absolute atomic E-state index is 0.299. The summed E-state index contributed by atoms with van der Waals surface area (Å²) in [4.78, 5) is 21.3. The zero-order valence-corrected chi connectivity index (χ0v) is 14.3. The topological polar surface area (TPSA) is 62.5 Å². The molecule has 0 saturated carbocycles. The average molecular weight is 320 g/mol. The highest BCUT2D eigenvalue weighted by Gasteiger charge is 2.27. The molecule has 3 rings (SSSR count). The molecule has 2 saturated heterocycles. The van der Waals surface area contributed by atoms with E-state index in [2.05, 4.69) is 26.9 Å². The second kappa shape index (κ2) is 7.43. The number of piperidine rings is 2. The quantitative estimate of drug-likeness (QED) is 0.849. The highest BCUT2D eigenvalue weighted by atomic mass is 16.5. The maximum Gasteiger partial charge on any atom is 0.236 e. The van der Waals surface area contributed by atoms with Gasteiger partial charge in [0, 0.05) is 32.5 Å². The van der Waals surface area contributed by atoms with Gasteiger partial charge >= 0.3 is 0 Å². The Bertz CT molecular complexity index is 530. The lowest BCUT2D eigenvalue weighted by molar-refractivity contribution is -0.136. The Labute approximate surface area is 138 Å². The molecule has 0 unspecified atom stereocenters. The van der Waals surface area contributed by atoms with Gasteiger partial charge in [0.05, 0.1) is 6.54 Å². The second-order valence-electron chi connectivity index (χ2n) is 7.11. The van der Waals surface area contributed by atoms with Crippen LogP contribution in [0.1, 0.15) is 50.7 Å². The molecule has 2 aliphatic heterocycles. The van der Waals surface area contributed by atoms with Gasteiger partial charge in [-0.15, -0.1) is 0 Å². The van der Waals surface area contributed by atoms with E-state index in [4.69, 9.17) is 4.52 Å². The summed E-state index contributed by atoms with van der Waals surface area (Å²) in [5.74, 6) is 2.24.